The first-order valence-electron chi connectivity index (χ1n) is 10.6. The highest BCUT2D eigenvalue weighted by Crippen LogP contribution is 2.32. The Hall–Kier alpha value is -2.35. The summed E-state index contributed by atoms with van der Waals surface area (Å²) in [5, 5.41) is 1.01. The van der Waals surface area contributed by atoms with Gasteiger partial charge in [-0.1, -0.05) is 60.1 Å². The molecule has 1 fully saturated rings. The molecule has 0 bridgehead atoms. The van der Waals surface area contributed by atoms with E-state index in [4.69, 9.17) is 23.2 Å². The largest absolute Gasteiger partial charge is 0.342 e. The lowest BCUT2D eigenvalue weighted by Gasteiger charge is -2.31. The van der Waals surface area contributed by atoms with Crippen LogP contribution in [0, 0.1) is 11.7 Å². The molecule has 0 aromatic heterocycles. The molecule has 2 amide bonds. The molecule has 172 valence electrons. The highest BCUT2D eigenvalue weighted by Gasteiger charge is 2.34. The molecule has 2 aliphatic heterocycles. The van der Waals surface area contributed by atoms with Crippen molar-refractivity contribution in [1.82, 2.24) is 4.90 Å². The lowest BCUT2D eigenvalue weighted by molar-refractivity contribution is -0.130. The van der Waals surface area contributed by atoms with E-state index in [1.165, 1.54) is 17.0 Å². The van der Waals surface area contributed by atoms with Crippen molar-refractivity contribution < 1.29 is 14.0 Å². The van der Waals surface area contributed by atoms with Crippen LogP contribution in [0.15, 0.2) is 53.2 Å². The predicted molar refractivity (Wildman–Crippen MR) is 133 cm³/mol. The van der Waals surface area contributed by atoms with Crippen LogP contribution in [0.4, 0.5) is 10.1 Å². The van der Waals surface area contributed by atoms with E-state index in [0.717, 1.165) is 37.7 Å². The van der Waals surface area contributed by atoms with Crippen LogP contribution < -0.4 is 4.90 Å². The first-order valence-corrected chi connectivity index (χ1v) is 12.3. The molecule has 0 N–H and O–H groups in total. The quantitative estimate of drug-likeness (QED) is 0.488. The Labute approximate surface area is 206 Å². The Morgan fingerprint density at radius 2 is 2.03 bits per heavy atom. The van der Waals surface area contributed by atoms with E-state index in [0.29, 0.717) is 21.5 Å². The van der Waals surface area contributed by atoms with Gasteiger partial charge in [-0.2, -0.15) is 0 Å². The number of hydrogen-bond acceptors (Lipinski definition) is 4. The molecular formula is C24H22Cl2FN3O2S. The van der Waals surface area contributed by atoms with Crippen LogP contribution >= 0.6 is 35.0 Å². The van der Waals surface area contributed by atoms with Crippen molar-refractivity contribution >= 4 is 63.7 Å². The molecule has 1 saturated heterocycles. The number of anilines is 1. The standard InChI is InChI=1S/C24H22Cl2FN3O2S/c1-15-5-4-10-29(13-15)22(31)14-33-24-28-20(12-16-8-9-17(25)18(26)11-16)23(32)30(24)21-7-3-2-6-19(21)27/h2-3,6-9,11-12,15H,4-5,10,13-14H2,1H3/b20-12-. The van der Waals surface area contributed by atoms with Gasteiger partial charge in [0.05, 0.1) is 21.5 Å². The lowest BCUT2D eigenvalue weighted by Crippen LogP contribution is -2.40. The summed E-state index contributed by atoms with van der Waals surface area (Å²) in [6, 6.07) is 11.0. The summed E-state index contributed by atoms with van der Waals surface area (Å²) in [6.07, 6.45) is 3.66. The number of halogens is 3. The first-order chi connectivity index (χ1) is 15.8. The molecule has 2 aliphatic rings. The number of para-hydroxylation sites is 1. The number of amidine groups is 1. The summed E-state index contributed by atoms with van der Waals surface area (Å²) >= 11 is 13.2. The summed E-state index contributed by atoms with van der Waals surface area (Å²) in [4.78, 5) is 33.5. The summed E-state index contributed by atoms with van der Waals surface area (Å²) < 4.78 is 14.6. The third-order valence-corrected chi connectivity index (χ3v) is 7.17. The Morgan fingerprint density at radius 1 is 1.24 bits per heavy atom. The van der Waals surface area contributed by atoms with Crippen molar-refractivity contribution in [1.29, 1.82) is 0 Å². The van der Waals surface area contributed by atoms with Gasteiger partial charge in [0.25, 0.3) is 5.91 Å². The molecule has 2 heterocycles. The zero-order chi connectivity index (χ0) is 23.5. The molecule has 2 aromatic carbocycles. The van der Waals surface area contributed by atoms with Crippen molar-refractivity contribution in [2.24, 2.45) is 10.9 Å². The van der Waals surface area contributed by atoms with Crippen LogP contribution in [0.3, 0.4) is 0 Å². The van der Waals surface area contributed by atoms with Gasteiger partial charge in [0, 0.05) is 13.1 Å². The minimum absolute atomic E-state index is 0.0166. The maximum atomic E-state index is 14.6. The number of nitrogens with zero attached hydrogens (tertiary/aromatic N) is 3. The second-order valence-electron chi connectivity index (χ2n) is 8.07. The topological polar surface area (TPSA) is 53.0 Å². The number of hydrogen-bond donors (Lipinski definition) is 0. The number of aliphatic imine (C=N–C) groups is 1. The number of carbonyl (C=O) groups excluding carboxylic acids is 2. The highest BCUT2D eigenvalue weighted by molar-refractivity contribution is 8.14. The van der Waals surface area contributed by atoms with E-state index in [1.807, 2.05) is 4.90 Å². The van der Waals surface area contributed by atoms with Crippen molar-refractivity contribution in [3.63, 3.8) is 0 Å². The molecule has 0 saturated carbocycles. The molecule has 33 heavy (non-hydrogen) atoms. The molecule has 1 atom stereocenters. The Kier molecular flexibility index (Phi) is 7.41. The van der Waals surface area contributed by atoms with Crippen LogP contribution in [0.5, 0.6) is 0 Å². The Morgan fingerprint density at radius 3 is 2.76 bits per heavy atom. The van der Waals surface area contributed by atoms with Crippen molar-refractivity contribution in [3.8, 4) is 0 Å². The van der Waals surface area contributed by atoms with Gasteiger partial charge in [-0.15, -0.1) is 0 Å². The zero-order valence-corrected chi connectivity index (χ0v) is 20.3. The molecule has 0 aliphatic carbocycles. The second kappa shape index (κ2) is 10.3. The van der Waals surface area contributed by atoms with Crippen LogP contribution in [0.1, 0.15) is 25.3 Å². The van der Waals surface area contributed by atoms with Crippen LogP contribution in [0.2, 0.25) is 10.0 Å². The number of thioether (sulfide) groups is 1. The van der Waals surface area contributed by atoms with Gasteiger partial charge >= 0.3 is 0 Å². The number of likely N-dealkylation sites (tertiary alicyclic amines) is 1. The normalized spacial score (nSPS) is 19.9. The average Bonchev–Trinajstić information content (AvgIpc) is 3.10. The maximum Gasteiger partial charge on any atom is 0.283 e. The molecule has 1 unspecified atom stereocenters. The van der Waals surface area contributed by atoms with Crippen molar-refractivity contribution in [3.05, 3.63) is 69.6 Å². The van der Waals surface area contributed by atoms with Crippen LogP contribution in [-0.2, 0) is 9.59 Å². The smallest absolute Gasteiger partial charge is 0.283 e. The van der Waals surface area contributed by atoms with E-state index in [-0.39, 0.29) is 28.2 Å². The fourth-order valence-corrected chi connectivity index (χ4v) is 5.05. The van der Waals surface area contributed by atoms with Gasteiger partial charge in [-0.3, -0.25) is 14.5 Å². The van der Waals surface area contributed by atoms with Gasteiger partial charge in [-0.25, -0.2) is 9.38 Å². The maximum absolute atomic E-state index is 14.6. The molecule has 4 rings (SSSR count). The fraction of sp³-hybridized carbons (Fsp3) is 0.292. The number of benzene rings is 2. The first kappa shape index (κ1) is 23.8. The molecule has 0 radical (unpaired) electrons. The minimum Gasteiger partial charge on any atom is -0.342 e. The van der Waals surface area contributed by atoms with Crippen molar-refractivity contribution in [2.45, 2.75) is 19.8 Å². The highest BCUT2D eigenvalue weighted by atomic mass is 35.5. The fourth-order valence-electron chi connectivity index (χ4n) is 3.83. The van der Waals surface area contributed by atoms with Crippen molar-refractivity contribution in [2.75, 3.05) is 23.7 Å². The van der Waals surface area contributed by atoms with Gasteiger partial charge in [0.1, 0.15) is 11.5 Å². The summed E-state index contributed by atoms with van der Waals surface area (Å²) in [6.45, 7) is 3.59. The molecular weight excluding hydrogens is 484 g/mol. The Balaban J connectivity index is 1.61. The molecule has 0 spiro atoms. The molecule has 2 aromatic rings. The zero-order valence-electron chi connectivity index (χ0n) is 17.9. The number of rotatable bonds is 4. The van der Waals surface area contributed by atoms with Gasteiger partial charge in [0.15, 0.2) is 5.17 Å². The number of amides is 2. The summed E-state index contributed by atoms with van der Waals surface area (Å²) in [7, 11) is 0. The number of piperidine rings is 1. The van der Waals surface area contributed by atoms with E-state index in [1.54, 1.807) is 36.4 Å². The van der Waals surface area contributed by atoms with E-state index in [9.17, 15) is 14.0 Å². The molecule has 5 nitrogen and oxygen atoms in total. The monoisotopic (exact) mass is 505 g/mol. The second-order valence-corrected chi connectivity index (χ2v) is 9.82. The summed E-state index contributed by atoms with van der Waals surface area (Å²) in [5.41, 5.74) is 0.845. The average molecular weight is 506 g/mol. The van der Waals surface area contributed by atoms with E-state index >= 15 is 0 Å². The van der Waals surface area contributed by atoms with Crippen LogP contribution in [0.25, 0.3) is 6.08 Å². The van der Waals surface area contributed by atoms with Gasteiger partial charge in [-0.05, 0) is 54.7 Å². The summed E-state index contributed by atoms with van der Waals surface area (Å²) in [5.74, 6) is -0.464. The third kappa shape index (κ3) is 5.42. The van der Waals surface area contributed by atoms with E-state index in [2.05, 4.69) is 11.9 Å². The third-order valence-electron chi connectivity index (χ3n) is 5.50. The van der Waals surface area contributed by atoms with E-state index < -0.39 is 11.7 Å². The minimum atomic E-state index is -0.550. The lowest BCUT2D eigenvalue weighted by atomic mass is 10.0. The van der Waals surface area contributed by atoms with Gasteiger partial charge in [0.2, 0.25) is 5.91 Å². The predicted octanol–water partition coefficient (Wildman–Crippen LogP) is 5.87. The number of carbonyl (C=O) groups is 2. The van der Waals surface area contributed by atoms with Gasteiger partial charge < -0.3 is 4.90 Å². The van der Waals surface area contributed by atoms with Crippen LogP contribution in [-0.4, -0.2) is 40.7 Å². The molecule has 9 heteroatoms. The SMILES string of the molecule is CC1CCCN(C(=O)CSC2=N/C(=C\c3ccc(Cl)c(Cl)c3)C(=O)N2c2ccccc2F)C1. The Bertz CT molecular complexity index is 1150.